The van der Waals surface area contributed by atoms with E-state index in [-0.39, 0.29) is 73.0 Å². The summed E-state index contributed by atoms with van der Waals surface area (Å²) >= 11 is 0. The van der Waals surface area contributed by atoms with Gasteiger partial charge in [0, 0.05) is 37.3 Å². The summed E-state index contributed by atoms with van der Waals surface area (Å²) in [6.45, 7) is 3.62. The van der Waals surface area contributed by atoms with Gasteiger partial charge in [-0.1, -0.05) is 48.5 Å². The van der Waals surface area contributed by atoms with Gasteiger partial charge in [0.05, 0.1) is 72.0 Å². The Balaban J connectivity index is 0.000000202. The highest BCUT2D eigenvalue weighted by Crippen LogP contribution is 2.31. The van der Waals surface area contributed by atoms with Gasteiger partial charge in [-0.2, -0.15) is 0 Å². The molecule has 4 aliphatic rings. The number of aromatic carboxylic acids is 2. The number of halogens is 1. The van der Waals surface area contributed by atoms with E-state index in [1.807, 2.05) is 24.3 Å². The first-order valence-corrected chi connectivity index (χ1v) is 22.7. The minimum Gasteiger partial charge on any atom is -0.508 e. The van der Waals surface area contributed by atoms with E-state index in [0.29, 0.717) is 17.2 Å². The van der Waals surface area contributed by atoms with E-state index in [1.54, 1.807) is 49.6 Å². The van der Waals surface area contributed by atoms with Crippen LogP contribution in [0.2, 0.25) is 0 Å². The van der Waals surface area contributed by atoms with Crippen molar-refractivity contribution >= 4 is 64.7 Å². The Morgan fingerprint density at radius 1 is 0.436 bits per heavy atom. The van der Waals surface area contributed by atoms with Crippen LogP contribution in [-0.2, 0) is 45.1 Å². The Bertz CT molecular complexity index is 3130. The summed E-state index contributed by atoms with van der Waals surface area (Å²) in [4.78, 5) is 88.8. The molecule has 4 heterocycles. The van der Waals surface area contributed by atoms with Crippen LogP contribution in [0.4, 0.5) is 0 Å². The lowest BCUT2D eigenvalue weighted by Crippen LogP contribution is -2.13. The van der Waals surface area contributed by atoms with Gasteiger partial charge in [0.15, 0.2) is 0 Å². The SMILES string of the molecule is Br.COC(=O)c1cccc(OC)c1C(=O)OC.COc1cccc(C(=O)O)c1C(=O)O.COc1cccc2c1C(=O)OC2=O.COc1cccc2c1C(=O)OC2=O.COc1cccc2c1CNC2.Oc1cccc2c1CNC2. The summed E-state index contributed by atoms with van der Waals surface area (Å²) in [6.07, 6.45) is 0. The molecular formula is C55H53BrN2O20. The summed E-state index contributed by atoms with van der Waals surface area (Å²) in [5.41, 5.74) is 5.51. The molecule has 23 heteroatoms. The summed E-state index contributed by atoms with van der Waals surface area (Å²) in [5.74, 6) is -3.89. The number of cyclic esters (lactones) is 4. The number of carboxylic acids is 2. The molecule has 0 aromatic heterocycles. The normalized spacial score (nSPS) is 12.3. The quantitative estimate of drug-likeness (QED) is 0.0541. The number of carboxylic acid groups (broad SMARTS) is 2. The van der Waals surface area contributed by atoms with Crippen LogP contribution < -0.4 is 34.3 Å². The topological polar surface area (TPSA) is 304 Å². The van der Waals surface area contributed by atoms with Gasteiger partial charge in [0.1, 0.15) is 56.8 Å². The molecule has 0 saturated heterocycles. The largest absolute Gasteiger partial charge is 0.508 e. The number of phenols is 1. The summed E-state index contributed by atoms with van der Waals surface area (Å²) in [7, 11) is 9.75. The maximum absolute atomic E-state index is 11.5. The molecule has 6 aromatic carbocycles. The molecule has 78 heavy (non-hydrogen) atoms. The molecule has 0 amide bonds. The van der Waals surface area contributed by atoms with Crippen molar-refractivity contribution in [1.29, 1.82) is 0 Å². The average molecular weight is 1140 g/mol. The van der Waals surface area contributed by atoms with E-state index in [1.165, 1.54) is 95.7 Å². The minimum atomic E-state index is -1.32. The number of hydrogen-bond donors (Lipinski definition) is 5. The lowest BCUT2D eigenvalue weighted by Gasteiger charge is -2.10. The van der Waals surface area contributed by atoms with Gasteiger partial charge in [-0.15, -0.1) is 17.0 Å². The van der Waals surface area contributed by atoms with Crippen LogP contribution in [0, 0.1) is 0 Å². The fourth-order valence-electron chi connectivity index (χ4n) is 7.74. The molecule has 4 aliphatic heterocycles. The zero-order chi connectivity index (χ0) is 56.3. The van der Waals surface area contributed by atoms with Crippen LogP contribution in [-0.4, -0.2) is 113 Å². The van der Waals surface area contributed by atoms with E-state index in [0.717, 1.165) is 37.5 Å². The van der Waals surface area contributed by atoms with E-state index >= 15 is 0 Å². The van der Waals surface area contributed by atoms with Gasteiger partial charge >= 0.3 is 47.8 Å². The second kappa shape index (κ2) is 29.1. The van der Waals surface area contributed by atoms with E-state index < -0.39 is 47.8 Å². The lowest BCUT2D eigenvalue weighted by molar-refractivity contribution is 0.0424. The Hall–Kier alpha value is -9.32. The molecule has 6 aromatic rings. The van der Waals surface area contributed by atoms with Crippen LogP contribution in [0.15, 0.2) is 109 Å². The van der Waals surface area contributed by atoms with Crippen molar-refractivity contribution in [1.82, 2.24) is 10.6 Å². The monoisotopic (exact) mass is 1140 g/mol. The number of esters is 6. The zero-order valence-corrected chi connectivity index (χ0v) is 44.6. The van der Waals surface area contributed by atoms with Crippen LogP contribution in [0.3, 0.4) is 0 Å². The molecule has 0 spiro atoms. The van der Waals surface area contributed by atoms with Crippen molar-refractivity contribution in [2.75, 3.05) is 49.8 Å². The van der Waals surface area contributed by atoms with Crippen LogP contribution in [0.5, 0.6) is 34.5 Å². The smallest absolute Gasteiger partial charge is 0.350 e. The highest BCUT2D eigenvalue weighted by molar-refractivity contribution is 8.93. The maximum atomic E-state index is 11.5. The second-order valence-electron chi connectivity index (χ2n) is 15.7. The lowest BCUT2D eigenvalue weighted by atomic mass is 10.1. The van der Waals surface area contributed by atoms with Crippen molar-refractivity contribution in [3.63, 3.8) is 0 Å². The van der Waals surface area contributed by atoms with Crippen molar-refractivity contribution in [3.05, 3.63) is 176 Å². The molecule has 410 valence electrons. The van der Waals surface area contributed by atoms with Crippen molar-refractivity contribution < 1.29 is 96.3 Å². The van der Waals surface area contributed by atoms with Crippen molar-refractivity contribution in [2.45, 2.75) is 26.2 Å². The molecule has 0 aliphatic carbocycles. The number of phenolic OH excluding ortho intramolecular Hbond substituents is 1. The number of nitrogens with one attached hydrogen (secondary N) is 2. The predicted octanol–water partition coefficient (Wildman–Crippen LogP) is 7.24. The highest BCUT2D eigenvalue weighted by Gasteiger charge is 2.34. The number of ether oxygens (including phenoxy) is 9. The van der Waals surface area contributed by atoms with Crippen LogP contribution in [0.25, 0.3) is 0 Å². The maximum Gasteiger partial charge on any atom is 0.350 e. The van der Waals surface area contributed by atoms with E-state index in [9.17, 15) is 43.5 Å². The zero-order valence-electron chi connectivity index (χ0n) is 42.9. The predicted molar refractivity (Wildman–Crippen MR) is 281 cm³/mol. The third kappa shape index (κ3) is 14.5. The number of carbonyl (C=O) groups is 8. The third-order valence-corrected chi connectivity index (χ3v) is 11.4. The first-order valence-electron chi connectivity index (χ1n) is 22.7. The van der Waals surface area contributed by atoms with Gasteiger partial charge in [-0.3, -0.25) is 0 Å². The molecule has 5 N–H and O–H groups in total. The summed E-state index contributed by atoms with van der Waals surface area (Å²) in [6, 6.07) is 30.1. The van der Waals surface area contributed by atoms with Crippen molar-refractivity contribution in [2.24, 2.45) is 0 Å². The average Bonchev–Trinajstić information content (AvgIpc) is 4.29. The molecule has 10 rings (SSSR count). The second-order valence-corrected chi connectivity index (χ2v) is 15.7. The fraction of sp³-hybridized carbons (Fsp3) is 0.200. The molecule has 0 radical (unpaired) electrons. The Kier molecular flexibility index (Phi) is 22.8. The van der Waals surface area contributed by atoms with Gasteiger partial charge in [0.25, 0.3) is 0 Å². The number of methoxy groups -OCH3 is 7. The number of benzene rings is 6. The summed E-state index contributed by atoms with van der Waals surface area (Å²) in [5, 5.41) is 33.2. The first kappa shape index (κ1) is 61.2. The standard InChI is InChI=1S/C11H12O5.C9H11NO.C9H8O5.2C9H6O4.C8H9NO.BrH/c1-14-8-6-4-5-7(10(12)15-2)9(8)11(13)16-3;1-11-9-4-2-3-7-5-10-6-8(7)9;1-14-6-4-2-3-5(8(10)11)7(6)9(12)13;2*1-12-6-4-2-3-5-7(6)9(11)13-8(5)10;10-8-3-1-2-6-4-9-5-7(6)8;/h4-6H,1-3H3;2-4,10H,5-6H2,1H3;2-4H,1H3,(H,10,11)(H,12,13);2*2-4H,1H3;1-3,9-10H,4-5H2;1H. The third-order valence-electron chi connectivity index (χ3n) is 11.4. The van der Waals surface area contributed by atoms with Gasteiger partial charge in [0.2, 0.25) is 0 Å². The Morgan fingerprint density at radius 3 is 1.28 bits per heavy atom. The molecule has 0 atom stereocenters. The molecule has 22 nitrogen and oxygen atoms in total. The Morgan fingerprint density at radius 2 is 0.833 bits per heavy atom. The number of rotatable bonds is 9. The molecular weight excluding hydrogens is 1090 g/mol. The highest BCUT2D eigenvalue weighted by atomic mass is 79.9. The first-order chi connectivity index (χ1) is 37.0. The van der Waals surface area contributed by atoms with Gasteiger partial charge < -0.3 is 68.6 Å². The van der Waals surface area contributed by atoms with Gasteiger partial charge in [-0.05, 0) is 71.8 Å². The Labute approximate surface area is 456 Å². The fourth-order valence-corrected chi connectivity index (χ4v) is 7.74. The molecule has 0 bridgehead atoms. The number of carbonyl (C=O) groups excluding carboxylic acids is 6. The van der Waals surface area contributed by atoms with Crippen molar-refractivity contribution in [3.8, 4) is 34.5 Å². The number of aromatic hydroxyl groups is 1. The number of hydrogen-bond acceptors (Lipinski definition) is 20. The van der Waals surface area contributed by atoms with E-state index in [2.05, 4.69) is 35.6 Å². The van der Waals surface area contributed by atoms with E-state index in [4.69, 9.17) is 33.9 Å². The minimum absolute atomic E-state index is 0. The number of fused-ring (bicyclic) bond motifs is 4. The molecule has 0 unspecified atom stereocenters. The molecule has 0 fully saturated rings. The molecule has 0 saturated carbocycles. The summed E-state index contributed by atoms with van der Waals surface area (Å²) < 4.78 is 42.8. The van der Waals surface area contributed by atoms with Crippen LogP contribution >= 0.6 is 17.0 Å². The van der Waals surface area contributed by atoms with Crippen LogP contribution in [0.1, 0.15) is 105 Å². The van der Waals surface area contributed by atoms with Gasteiger partial charge in [-0.25, -0.2) is 38.4 Å².